The molecule has 0 aliphatic carbocycles. The lowest BCUT2D eigenvalue weighted by molar-refractivity contribution is 0.0290. The number of carbonyl (C=O) groups is 2. The van der Waals surface area contributed by atoms with Gasteiger partial charge in [-0.15, -0.1) is 0 Å². The van der Waals surface area contributed by atoms with Crippen molar-refractivity contribution in [3.63, 3.8) is 0 Å². The van der Waals surface area contributed by atoms with Crippen LogP contribution >= 0.6 is 0 Å². The average Bonchev–Trinajstić information content (AvgIpc) is 3.60. The molecule has 1 atom stereocenters. The maximum Gasteiger partial charge on any atom is 0.410 e. The Morgan fingerprint density at radius 1 is 1.24 bits per heavy atom. The third-order valence-electron chi connectivity index (χ3n) is 6.08. The number of fused-ring (bicyclic) bond motifs is 2. The van der Waals surface area contributed by atoms with Crippen LogP contribution in [0.25, 0.3) is 22.3 Å². The number of rotatable bonds is 6. The predicted octanol–water partition coefficient (Wildman–Crippen LogP) is 3.88. The Hall–Kier alpha value is -4.02. The number of aromatic amines is 1. The highest BCUT2D eigenvalue weighted by Crippen LogP contribution is 2.47. The number of hydrogen-bond acceptors (Lipinski definition) is 8. The molecule has 2 amide bonds. The second-order valence-corrected chi connectivity index (χ2v) is 10.1. The zero-order chi connectivity index (χ0) is 26.2. The minimum atomic E-state index is -0.572. The number of nitrogens with zero attached hydrogens (tertiary/aromatic N) is 3. The molecule has 1 saturated heterocycles. The van der Waals surface area contributed by atoms with Crippen molar-refractivity contribution in [1.82, 2.24) is 25.2 Å². The van der Waals surface area contributed by atoms with Gasteiger partial charge in [0.2, 0.25) is 6.79 Å². The van der Waals surface area contributed by atoms with E-state index in [1.807, 2.05) is 39.8 Å². The lowest BCUT2D eigenvalue weighted by Gasteiger charge is -2.24. The first-order valence-electron chi connectivity index (χ1n) is 12.4. The van der Waals surface area contributed by atoms with Crippen molar-refractivity contribution in [2.45, 2.75) is 52.2 Å². The molecule has 1 aromatic carbocycles. The molecule has 5 rings (SSSR count). The van der Waals surface area contributed by atoms with Gasteiger partial charge in [-0.2, -0.15) is 0 Å². The van der Waals surface area contributed by atoms with E-state index in [4.69, 9.17) is 18.9 Å². The zero-order valence-electron chi connectivity index (χ0n) is 21.4. The number of carbonyl (C=O) groups excluding carboxylic acids is 2. The highest BCUT2D eigenvalue weighted by Gasteiger charge is 2.32. The van der Waals surface area contributed by atoms with Gasteiger partial charge in [0.05, 0.1) is 23.3 Å². The molecule has 0 spiro atoms. The number of nitrogens with one attached hydrogen (secondary N) is 2. The van der Waals surface area contributed by atoms with Gasteiger partial charge in [0.1, 0.15) is 28.9 Å². The number of likely N-dealkylation sites (tertiary alicyclic amines) is 1. The van der Waals surface area contributed by atoms with Crippen molar-refractivity contribution in [2.75, 3.05) is 26.5 Å². The van der Waals surface area contributed by atoms with E-state index in [0.717, 1.165) is 6.42 Å². The summed E-state index contributed by atoms with van der Waals surface area (Å²) in [5.74, 6) is 1.47. The number of H-pyrrole nitrogens is 1. The van der Waals surface area contributed by atoms with Crippen LogP contribution in [0.15, 0.2) is 24.7 Å². The van der Waals surface area contributed by atoms with Gasteiger partial charge in [-0.05, 0) is 45.7 Å². The topological polar surface area (TPSA) is 128 Å². The largest absolute Gasteiger partial charge is 0.493 e. The number of ether oxygens (including phenoxy) is 4. The van der Waals surface area contributed by atoms with Gasteiger partial charge in [0.15, 0.2) is 11.5 Å². The normalized spacial score (nSPS) is 16.8. The van der Waals surface area contributed by atoms with Crippen LogP contribution in [-0.2, 0) is 4.74 Å². The molecule has 11 heteroatoms. The highest BCUT2D eigenvalue weighted by atomic mass is 16.7. The summed E-state index contributed by atoms with van der Waals surface area (Å²) in [5.41, 5.74) is 2.07. The van der Waals surface area contributed by atoms with Crippen LogP contribution in [0.1, 0.15) is 50.9 Å². The van der Waals surface area contributed by atoms with Gasteiger partial charge in [-0.3, -0.25) is 4.79 Å². The van der Waals surface area contributed by atoms with E-state index in [-0.39, 0.29) is 24.8 Å². The minimum absolute atomic E-state index is 0.105. The maximum atomic E-state index is 13.2. The zero-order valence-corrected chi connectivity index (χ0v) is 21.4. The van der Waals surface area contributed by atoms with Crippen LogP contribution in [0.5, 0.6) is 17.2 Å². The quantitative estimate of drug-likeness (QED) is 0.512. The van der Waals surface area contributed by atoms with Gasteiger partial charge in [0, 0.05) is 25.3 Å². The van der Waals surface area contributed by atoms with Gasteiger partial charge < -0.3 is 34.1 Å². The maximum absolute atomic E-state index is 13.2. The summed E-state index contributed by atoms with van der Waals surface area (Å²) in [5, 5.41) is 3.02. The molecule has 2 aliphatic heterocycles. The summed E-state index contributed by atoms with van der Waals surface area (Å²) in [6, 6.07) is 3.45. The van der Waals surface area contributed by atoms with E-state index < -0.39 is 5.60 Å². The second-order valence-electron chi connectivity index (χ2n) is 10.1. The second kappa shape index (κ2) is 9.79. The molecule has 0 unspecified atom stereocenters. The number of amides is 2. The van der Waals surface area contributed by atoms with Crippen LogP contribution in [0, 0.1) is 0 Å². The molecule has 11 nitrogen and oxygen atoms in total. The Morgan fingerprint density at radius 3 is 2.86 bits per heavy atom. The summed E-state index contributed by atoms with van der Waals surface area (Å²) in [6.07, 6.45) is 4.13. The van der Waals surface area contributed by atoms with E-state index in [1.165, 1.54) is 6.33 Å². The number of hydrogen-bond donors (Lipinski definition) is 2. The molecule has 3 aromatic rings. The van der Waals surface area contributed by atoms with Crippen LogP contribution in [-0.4, -0.2) is 70.0 Å². The standard InChI is InChI=1S/C26H31N5O6/c1-5-10-34-17-6-7-18-23(36-14-35-18)19(17)21-22-20(28-13-29-21)16(11-27-22)24(32)30-15-8-9-31(12-15)25(33)37-26(2,3)4/h6-7,11,13,15,27H,5,8-10,12,14H2,1-4H3,(H,30,32)/t15-/m1/s1. The molecule has 1 fully saturated rings. The van der Waals surface area contributed by atoms with Crippen molar-refractivity contribution in [3.05, 3.63) is 30.2 Å². The summed E-state index contributed by atoms with van der Waals surface area (Å²) in [7, 11) is 0. The van der Waals surface area contributed by atoms with E-state index in [0.29, 0.717) is 71.2 Å². The summed E-state index contributed by atoms with van der Waals surface area (Å²) >= 11 is 0. The minimum Gasteiger partial charge on any atom is -0.493 e. The fourth-order valence-corrected chi connectivity index (χ4v) is 4.45. The summed E-state index contributed by atoms with van der Waals surface area (Å²) in [4.78, 5) is 39.3. The van der Waals surface area contributed by atoms with Crippen molar-refractivity contribution in [3.8, 4) is 28.5 Å². The molecular formula is C26H31N5O6. The Balaban J connectivity index is 1.39. The highest BCUT2D eigenvalue weighted by molar-refractivity contribution is 6.08. The van der Waals surface area contributed by atoms with E-state index in [1.54, 1.807) is 11.1 Å². The summed E-state index contributed by atoms with van der Waals surface area (Å²) in [6.45, 7) is 9.05. The first-order chi connectivity index (χ1) is 17.7. The van der Waals surface area contributed by atoms with Crippen LogP contribution in [0.3, 0.4) is 0 Å². The molecule has 2 N–H and O–H groups in total. The van der Waals surface area contributed by atoms with Gasteiger partial charge in [0.25, 0.3) is 5.91 Å². The first-order valence-corrected chi connectivity index (χ1v) is 12.4. The number of benzene rings is 1. The molecule has 0 bridgehead atoms. The van der Waals surface area contributed by atoms with Crippen molar-refractivity contribution < 1.29 is 28.5 Å². The lowest BCUT2D eigenvalue weighted by Crippen LogP contribution is -2.40. The molecule has 37 heavy (non-hydrogen) atoms. The first kappa shape index (κ1) is 24.7. The molecule has 2 aromatic heterocycles. The van der Waals surface area contributed by atoms with Crippen LogP contribution < -0.4 is 19.5 Å². The van der Waals surface area contributed by atoms with E-state index >= 15 is 0 Å². The van der Waals surface area contributed by atoms with Gasteiger partial charge >= 0.3 is 6.09 Å². The molecule has 4 heterocycles. The van der Waals surface area contributed by atoms with E-state index in [2.05, 4.69) is 20.3 Å². The van der Waals surface area contributed by atoms with Gasteiger partial charge in [-0.1, -0.05) is 6.92 Å². The molecular weight excluding hydrogens is 478 g/mol. The Bertz CT molecular complexity index is 1330. The van der Waals surface area contributed by atoms with Crippen molar-refractivity contribution >= 4 is 23.0 Å². The van der Waals surface area contributed by atoms with Crippen molar-refractivity contribution in [2.24, 2.45) is 0 Å². The third-order valence-corrected chi connectivity index (χ3v) is 6.08. The smallest absolute Gasteiger partial charge is 0.410 e. The van der Waals surface area contributed by atoms with Crippen LogP contribution in [0.2, 0.25) is 0 Å². The lowest BCUT2D eigenvalue weighted by atomic mass is 10.1. The fourth-order valence-electron chi connectivity index (χ4n) is 4.45. The average molecular weight is 510 g/mol. The predicted molar refractivity (Wildman–Crippen MR) is 135 cm³/mol. The Morgan fingerprint density at radius 2 is 2.08 bits per heavy atom. The fraction of sp³-hybridized carbons (Fsp3) is 0.462. The molecule has 0 radical (unpaired) electrons. The Labute approximate surface area is 214 Å². The molecule has 0 saturated carbocycles. The Kier molecular flexibility index (Phi) is 6.53. The van der Waals surface area contributed by atoms with Crippen LogP contribution in [0.4, 0.5) is 4.79 Å². The van der Waals surface area contributed by atoms with Gasteiger partial charge in [-0.25, -0.2) is 14.8 Å². The monoisotopic (exact) mass is 509 g/mol. The van der Waals surface area contributed by atoms with Crippen molar-refractivity contribution in [1.29, 1.82) is 0 Å². The van der Waals surface area contributed by atoms with E-state index in [9.17, 15) is 9.59 Å². The third kappa shape index (κ3) is 4.98. The molecule has 2 aliphatic rings. The molecule has 196 valence electrons. The summed E-state index contributed by atoms with van der Waals surface area (Å²) < 4.78 is 22.8. The number of aromatic nitrogens is 3. The SMILES string of the molecule is CCCOc1ccc2c(c1-c1ncnc3c(C(=O)N[C@@H]4CCN(C(=O)OC(C)(C)C)C4)c[nH]c13)OCO2.